The van der Waals surface area contributed by atoms with E-state index in [0.29, 0.717) is 6.04 Å². The largest absolute Gasteiger partial charge is 0.481 e. The molecule has 0 spiro atoms. The Labute approximate surface area is 123 Å². The van der Waals surface area contributed by atoms with E-state index in [1.807, 2.05) is 18.2 Å². The molecule has 0 radical (unpaired) electrons. The summed E-state index contributed by atoms with van der Waals surface area (Å²) < 4.78 is 0. The van der Waals surface area contributed by atoms with Crippen LogP contribution >= 0.6 is 11.3 Å². The molecule has 0 saturated carbocycles. The zero-order valence-corrected chi connectivity index (χ0v) is 12.3. The molecule has 20 heavy (non-hydrogen) atoms. The van der Waals surface area contributed by atoms with Crippen LogP contribution in [-0.4, -0.2) is 11.1 Å². The van der Waals surface area contributed by atoms with Gasteiger partial charge in [0.2, 0.25) is 0 Å². The molecule has 1 unspecified atom stereocenters. The van der Waals surface area contributed by atoms with Crippen molar-refractivity contribution >= 4 is 17.3 Å². The molecule has 106 valence electrons. The lowest BCUT2D eigenvalue weighted by atomic mass is 10.0. The van der Waals surface area contributed by atoms with E-state index in [1.165, 1.54) is 10.4 Å². The zero-order chi connectivity index (χ0) is 14.4. The number of hydrogen-bond donors (Lipinski definition) is 2. The van der Waals surface area contributed by atoms with Crippen molar-refractivity contribution in [3.8, 4) is 0 Å². The van der Waals surface area contributed by atoms with E-state index in [4.69, 9.17) is 5.11 Å². The van der Waals surface area contributed by atoms with Crippen molar-refractivity contribution in [3.63, 3.8) is 0 Å². The van der Waals surface area contributed by atoms with E-state index in [0.717, 1.165) is 17.8 Å². The van der Waals surface area contributed by atoms with Crippen molar-refractivity contribution in [2.24, 2.45) is 0 Å². The fourth-order valence-electron chi connectivity index (χ4n) is 2.17. The van der Waals surface area contributed by atoms with Crippen LogP contribution in [0.15, 0.2) is 42.5 Å². The number of carbonyl (C=O) groups is 1. The maximum Gasteiger partial charge on any atom is 0.308 e. The molecule has 0 saturated heterocycles. The smallest absolute Gasteiger partial charge is 0.308 e. The average molecular weight is 289 g/mol. The Bertz CT molecular complexity index is 551. The molecule has 2 aromatic rings. The summed E-state index contributed by atoms with van der Waals surface area (Å²) in [5.74, 6) is -0.776. The maximum atomic E-state index is 10.7. The molecule has 1 atom stereocenters. The van der Waals surface area contributed by atoms with Gasteiger partial charge in [0.25, 0.3) is 0 Å². The molecule has 2 rings (SSSR count). The van der Waals surface area contributed by atoms with Crippen molar-refractivity contribution in [1.82, 2.24) is 5.32 Å². The van der Waals surface area contributed by atoms with E-state index in [1.54, 1.807) is 11.3 Å². The Kier molecular flexibility index (Phi) is 5.32. The Hall–Kier alpha value is -1.65. The molecule has 0 aliphatic carbocycles. The quantitative estimate of drug-likeness (QED) is 0.818. The minimum atomic E-state index is -0.776. The lowest BCUT2D eigenvalue weighted by Gasteiger charge is -2.16. The van der Waals surface area contributed by atoms with E-state index in [9.17, 15) is 4.79 Å². The van der Waals surface area contributed by atoms with Crippen LogP contribution in [0.2, 0.25) is 0 Å². The molecule has 0 fully saturated rings. The maximum absolute atomic E-state index is 10.7. The lowest BCUT2D eigenvalue weighted by molar-refractivity contribution is -0.136. The van der Waals surface area contributed by atoms with Crippen LogP contribution in [0, 0.1) is 0 Å². The SMILES string of the molecule is CCC(NCc1ccc(CC(=O)O)s1)c1ccccc1. The number of carboxylic acid groups (broad SMARTS) is 1. The lowest BCUT2D eigenvalue weighted by Crippen LogP contribution is -2.19. The van der Waals surface area contributed by atoms with Gasteiger partial charge in [0.15, 0.2) is 0 Å². The van der Waals surface area contributed by atoms with Gasteiger partial charge in [-0.1, -0.05) is 37.3 Å². The number of carboxylic acids is 1. The first-order valence-corrected chi connectivity index (χ1v) is 7.58. The Morgan fingerprint density at radius 2 is 1.90 bits per heavy atom. The molecule has 0 bridgehead atoms. The van der Waals surface area contributed by atoms with Crippen LogP contribution in [-0.2, 0) is 17.8 Å². The van der Waals surface area contributed by atoms with Crippen molar-refractivity contribution in [2.75, 3.05) is 0 Å². The predicted octanol–water partition coefficient (Wildman–Crippen LogP) is 3.62. The molecule has 1 aromatic heterocycles. The molecule has 3 nitrogen and oxygen atoms in total. The summed E-state index contributed by atoms with van der Waals surface area (Å²) in [5, 5.41) is 12.3. The normalized spacial score (nSPS) is 12.2. The van der Waals surface area contributed by atoms with E-state index < -0.39 is 5.97 Å². The van der Waals surface area contributed by atoms with E-state index in [-0.39, 0.29) is 6.42 Å². The zero-order valence-electron chi connectivity index (χ0n) is 11.5. The predicted molar refractivity (Wildman–Crippen MR) is 82.0 cm³/mol. The summed E-state index contributed by atoms with van der Waals surface area (Å²) in [5.41, 5.74) is 1.29. The second kappa shape index (κ2) is 7.22. The molecule has 1 heterocycles. The number of rotatable bonds is 7. The van der Waals surface area contributed by atoms with Crippen molar-refractivity contribution in [1.29, 1.82) is 0 Å². The van der Waals surface area contributed by atoms with E-state index in [2.05, 4.69) is 36.5 Å². The first-order valence-electron chi connectivity index (χ1n) is 6.76. The van der Waals surface area contributed by atoms with Crippen LogP contribution in [0.3, 0.4) is 0 Å². The molecule has 4 heteroatoms. The van der Waals surface area contributed by atoms with E-state index >= 15 is 0 Å². The Morgan fingerprint density at radius 1 is 1.20 bits per heavy atom. The third-order valence-electron chi connectivity index (χ3n) is 3.18. The molecule has 1 aromatic carbocycles. The highest BCUT2D eigenvalue weighted by Gasteiger charge is 2.09. The van der Waals surface area contributed by atoms with Gasteiger partial charge in [-0.2, -0.15) is 0 Å². The van der Waals surface area contributed by atoms with Crippen LogP contribution in [0.25, 0.3) is 0 Å². The van der Waals surface area contributed by atoms with Gasteiger partial charge in [-0.3, -0.25) is 4.79 Å². The monoisotopic (exact) mass is 289 g/mol. The first kappa shape index (κ1) is 14.8. The second-order valence-corrected chi connectivity index (χ2v) is 5.94. The highest BCUT2D eigenvalue weighted by molar-refractivity contribution is 7.12. The fourth-order valence-corrected chi connectivity index (χ4v) is 3.13. The minimum Gasteiger partial charge on any atom is -0.481 e. The topological polar surface area (TPSA) is 49.3 Å². The van der Waals surface area contributed by atoms with Crippen molar-refractivity contribution in [3.05, 3.63) is 57.8 Å². The standard InChI is InChI=1S/C16H19NO2S/c1-2-15(12-6-4-3-5-7-12)17-11-14-9-8-13(20-14)10-16(18)19/h3-9,15,17H,2,10-11H2,1H3,(H,18,19). The third kappa shape index (κ3) is 4.18. The van der Waals surface area contributed by atoms with Gasteiger partial charge >= 0.3 is 5.97 Å². The van der Waals surface area contributed by atoms with Gasteiger partial charge in [0.05, 0.1) is 6.42 Å². The van der Waals surface area contributed by atoms with Crippen molar-refractivity contribution < 1.29 is 9.90 Å². The highest BCUT2D eigenvalue weighted by Crippen LogP contribution is 2.20. The van der Waals surface area contributed by atoms with Crippen molar-refractivity contribution in [2.45, 2.75) is 32.4 Å². The number of hydrogen-bond acceptors (Lipinski definition) is 3. The average Bonchev–Trinajstić information content (AvgIpc) is 2.87. The third-order valence-corrected chi connectivity index (χ3v) is 4.26. The number of benzene rings is 1. The molecular formula is C16H19NO2S. The fraction of sp³-hybridized carbons (Fsp3) is 0.312. The summed E-state index contributed by atoms with van der Waals surface area (Å²) >= 11 is 1.57. The van der Waals surface area contributed by atoms with Crippen LogP contribution < -0.4 is 5.32 Å². The summed E-state index contributed by atoms with van der Waals surface area (Å²) in [6.45, 7) is 2.94. The van der Waals surface area contributed by atoms with Gasteiger partial charge in [0.1, 0.15) is 0 Å². The van der Waals surface area contributed by atoms with Crippen LogP contribution in [0.4, 0.5) is 0 Å². The molecule has 2 N–H and O–H groups in total. The number of nitrogens with one attached hydrogen (secondary N) is 1. The molecule has 0 aliphatic rings. The Morgan fingerprint density at radius 3 is 2.55 bits per heavy atom. The molecule has 0 amide bonds. The van der Waals surface area contributed by atoms with Gasteiger partial charge in [-0.25, -0.2) is 0 Å². The van der Waals surface area contributed by atoms with Gasteiger partial charge in [0, 0.05) is 22.3 Å². The Balaban J connectivity index is 1.93. The minimum absolute atomic E-state index is 0.112. The number of aliphatic carboxylic acids is 1. The van der Waals surface area contributed by atoms with Gasteiger partial charge in [-0.15, -0.1) is 11.3 Å². The molecular weight excluding hydrogens is 270 g/mol. The summed E-state index contributed by atoms with van der Waals surface area (Å²) in [6, 6.07) is 14.6. The van der Waals surface area contributed by atoms with Gasteiger partial charge in [-0.05, 0) is 24.1 Å². The highest BCUT2D eigenvalue weighted by atomic mass is 32.1. The summed E-state index contributed by atoms with van der Waals surface area (Å²) in [6.07, 6.45) is 1.14. The summed E-state index contributed by atoms with van der Waals surface area (Å²) in [7, 11) is 0. The second-order valence-electron chi connectivity index (χ2n) is 4.69. The summed E-state index contributed by atoms with van der Waals surface area (Å²) in [4.78, 5) is 12.7. The van der Waals surface area contributed by atoms with Crippen LogP contribution in [0.1, 0.15) is 34.7 Å². The van der Waals surface area contributed by atoms with Gasteiger partial charge < -0.3 is 10.4 Å². The van der Waals surface area contributed by atoms with Crippen LogP contribution in [0.5, 0.6) is 0 Å². The first-order chi connectivity index (χ1) is 9.69. The number of thiophene rings is 1. The molecule has 0 aliphatic heterocycles.